The van der Waals surface area contributed by atoms with Crippen molar-refractivity contribution >= 4 is 50.6 Å². The van der Waals surface area contributed by atoms with E-state index in [1.807, 2.05) is 19.1 Å². The second-order valence-electron chi connectivity index (χ2n) is 2.74. The third kappa shape index (κ3) is 2.57. The van der Waals surface area contributed by atoms with Crippen LogP contribution in [0.1, 0.15) is 15.9 Å². The molecule has 0 spiro atoms. The third-order valence-corrected chi connectivity index (χ3v) is 4.10. The predicted molar refractivity (Wildman–Crippen MR) is 63.4 cm³/mol. The zero-order valence-corrected chi connectivity index (χ0v) is 10.3. The van der Waals surface area contributed by atoms with E-state index in [0.717, 1.165) is 5.56 Å². The third-order valence-electron chi connectivity index (χ3n) is 1.75. The fourth-order valence-corrected chi connectivity index (χ4v) is 1.61. The number of hydrogen-bond acceptors (Lipinski definition) is 2. The van der Waals surface area contributed by atoms with Gasteiger partial charge in [-0.15, -0.1) is 0 Å². The number of alkyl halides is 2. The molecule has 14 heavy (non-hydrogen) atoms. The van der Waals surface area contributed by atoms with Crippen molar-refractivity contribution in [3.63, 3.8) is 0 Å². The summed E-state index contributed by atoms with van der Waals surface area (Å²) < 4.78 is -1.62. The number of carbonyl (C=O) groups excluding carboxylic acids is 1. The highest BCUT2D eigenvalue weighted by Crippen LogP contribution is 2.40. The fraction of sp³-hybridized carbons (Fsp3) is 0.222. The molecule has 0 aromatic heterocycles. The number of carbonyl (C=O) groups is 1. The van der Waals surface area contributed by atoms with Gasteiger partial charge in [0.2, 0.25) is 9.45 Å². The van der Waals surface area contributed by atoms with Gasteiger partial charge in [-0.1, -0.05) is 47.5 Å². The topological polar surface area (TPSA) is 17.1 Å². The van der Waals surface area contributed by atoms with Crippen LogP contribution in [0.3, 0.4) is 0 Å². The Morgan fingerprint density at radius 1 is 1.36 bits per heavy atom. The van der Waals surface area contributed by atoms with Gasteiger partial charge in [-0.3, -0.25) is 4.79 Å². The SMILES string of the molecule is Cc1ccccc1C(=O)C(Cl)(Cl)SCl. The maximum absolute atomic E-state index is 11.7. The van der Waals surface area contributed by atoms with Crippen molar-refractivity contribution in [2.75, 3.05) is 0 Å². The van der Waals surface area contributed by atoms with E-state index in [0.29, 0.717) is 16.5 Å². The summed E-state index contributed by atoms with van der Waals surface area (Å²) in [6, 6.07) is 7.08. The predicted octanol–water partition coefficient (Wildman–Crippen LogP) is 4.20. The Morgan fingerprint density at radius 3 is 2.43 bits per heavy atom. The molecule has 0 bridgehead atoms. The zero-order valence-electron chi connectivity index (χ0n) is 7.26. The van der Waals surface area contributed by atoms with E-state index in [1.165, 1.54) is 0 Å². The average Bonchev–Trinajstić information content (AvgIpc) is 2.17. The average molecular weight is 270 g/mol. The molecule has 0 atom stereocenters. The fourth-order valence-electron chi connectivity index (χ4n) is 1.02. The molecule has 1 aromatic carbocycles. The molecule has 0 radical (unpaired) electrons. The second-order valence-corrected chi connectivity index (χ2v) is 5.74. The van der Waals surface area contributed by atoms with Gasteiger partial charge in [0.15, 0.2) is 0 Å². The molecule has 0 aliphatic carbocycles. The number of aryl methyl sites for hydroxylation is 1. The van der Waals surface area contributed by atoms with Crippen LogP contribution in [0, 0.1) is 6.92 Å². The molecular formula is C9H7Cl3OS. The van der Waals surface area contributed by atoms with Crippen LogP contribution in [-0.4, -0.2) is 9.45 Å². The van der Waals surface area contributed by atoms with E-state index in [9.17, 15) is 4.79 Å². The lowest BCUT2D eigenvalue weighted by molar-refractivity contribution is 0.0998. The summed E-state index contributed by atoms with van der Waals surface area (Å²) in [4.78, 5) is 11.7. The number of halogens is 3. The molecule has 0 aliphatic heterocycles. The van der Waals surface area contributed by atoms with E-state index in [4.69, 9.17) is 33.9 Å². The highest BCUT2D eigenvalue weighted by Gasteiger charge is 2.35. The summed E-state index contributed by atoms with van der Waals surface area (Å²) in [5.41, 5.74) is 1.32. The van der Waals surface area contributed by atoms with E-state index < -0.39 is 3.67 Å². The van der Waals surface area contributed by atoms with E-state index >= 15 is 0 Å². The minimum absolute atomic E-state index is 0.390. The molecule has 0 fully saturated rings. The van der Waals surface area contributed by atoms with Crippen molar-refractivity contribution in [1.82, 2.24) is 0 Å². The minimum Gasteiger partial charge on any atom is -0.290 e. The van der Waals surface area contributed by atoms with Gasteiger partial charge in [0.25, 0.3) is 0 Å². The minimum atomic E-state index is -1.62. The van der Waals surface area contributed by atoms with Crippen molar-refractivity contribution in [3.8, 4) is 0 Å². The van der Waals surface area contributed by atoms with Crippen molar-refractivity contribution in [1.29, 1.82) is 0 Å². The summed E-state index contributed by atoms with van der Waals surface area (Å²) in [6.07, 6.45) is 0. The van der Waals surface area contributed by atoms with Crippen LogP contribution < -0.4 is 0 Å². The van der Waals surface area contributed by atoms with Gasteiger partial charge in [-0.25, -0.2) is 0 Å². The zero-order chi connectivity index (χ0) is 10.8. The van der Waals surface area contributed by atoms with E-state index in [1.54, 1.807) is 12.1 Å². The Balaban J connectivity index is 3.07. The molecular weight excluding hydrogens is 263 g/mol. The normalized spacial score (nSPS) is 11.4. The van der Waals surface area contributed by atoms with Crippen LogP contribution in [0.4, 0.5) is 0 Å². The molecule has 76 valence electrons. The number of Topliss-reactive ketones (excluding diaryl/α,β-unsaturated/α-hetero) is 1. The molecule has 0 amide bonds. The van der Waals surface area contributed by atoms with Gasteiger partial charge in [-0.2, -0.15) is 0 Å². The smallest absolute Gasteiger partial charge is 0.239 e. The monoisotopic (exact) mass is 268 g/mol. The number of rotatable bonds is 3. The van der Waals surface area contributed by atoms with Gasteiger partial charge in [0.1, 0.15) is 0 Å². The summed E-state index contributed by atoms with van der Waals surface area (Å²) >= 11 is 11.4. The van der Waals surface area contributed by atoms with Crippen LogP contribution in [0.25, 0.3) is 0 Å². The van der Waals surface area contributed by atoms with Crippen LogP contribution in [0.5, 0.6) is 0 Å². The molecule has 1 nitrogen and oxygen atoms in total. The van der Waals surface area contributed by atoms with Crippen molar-refractivity contribution in [2.24, 2.45) is 0 Å². The van der Waals surface area contributed by atoms with Crippen molar-refractivity contribution in [3.05, 3.63) is 35.4 Å². The Morgan fingerprint density at radius 2 is 1.93 bits per heavy atom. The van der Waals surface area contributed by atoms with Crippen LogP contribution in [0.15, 0.2) is 24.3 Å². The quantitative estimate of drug-likeness (QED) is 0.604. The maximum Gasteiger partial charge on any atom is 0.239 e. The van der Waals surface area contributed by atoms with Gasteiger partial charge >= 0.3 is 0 Å². The van der Waals surface area contributed by atoms with E-state index in [-0.39, 0.29) is 5.78 Å². The number of benzene rings is 1. The van der Waals surface area contributed by atoms with Gasteiger partial charge in [-0.05, 0) is 34.1 Å². The lowest BCUT2D eigenvalue weighted by Crippen LogP contribution is -2.21. The largest absolute Gasteiger partial charge is 0.290 e. The van der Waals surface area contributed by atoms with E-state index in [2.05, 4.69) is 0 Å². The van der Waals surface area contributed by atoms with Crippen molar-refractivity contribution < 1.29 is 4.79 Å². The summed E-state index contributed by atoms with van der Waals surface area (Å²) in [7, 11) is 6.01. The summed E-state index contributed by atoms with van der Waals surface area (Å²) in [6.45, 7) is 1.82. The number of ketones is 1. The molecule has 1 rings (SSSR count). The number of hydrogen-bond donors (Lipinski definition) is 0. The first kappa shape index (κ1) is 12.2. The molecule has 1 aromatic rings. The van der Waals surface area contributed by atoms with Gasteiger partial charge < -0.3 is 0 Å². The Hall–Kier alpha value is 0.110. The second kappa shape index (κ2) is 4.75. The van der Waals surface area contributed by atoms with Crippen LogP contribution in [0.2, 0.25) is 0 Å². The summed E-state index contributed by atoms with van der Waals surface area (Å²) in [5, 5.41) is 0. The maximum atomic E-state index is 11.7. The van der Waals surface area contributed by atoms with Crippen LogP contribution in [-0.2, 0) is 0 Å². The van der Waals surface area contributed by atoms with Crippen LogP contribution >= 0.6 is 44.9 Å². The highest BCUT2D eigenvalue weighted by atomic mass is 35.7. The molecule has 0 unspecified atom stereocenters. The van der Waals surface area contributed by atoms with Gasteiger partial charge in [0.05, 0.1) is 0 Å². The Labute approximate surface area is 101 Å². The van der Waals surface area contributed by atoms with Crippen molar-refractivity contribution in [2.45, 2.75) is 10.6 Å². The highest BCUT2D eigenvalue weighted by molar-refractivity contribution is 8.24. The lowest BCUT2D eigenvalue weighted by atomic mass is 10.1. The standard InChI is InChI=1S/C9H7Cl3OS/c1-6-4-2-3-5-7(6)8(13)9(10,11)14-12/h2-5H,1H3. The Kier molecular flexibility index (Phi) is 4.14. The lowest BCUT2D eigenvalue weighted by Gasteiger charge is -2.14. The molecule has 0 saturated carbocycles. The molecule has 5 heteroatoms. The first-order chi connectivity index (χ1) is 6.49. The molecule has 0 heterocycles. The summed E-state index contributed by atoms with van der Waals surface area (Å²) in [5.74, 6) is -0.390. The molecule has 0 N–H and O–H groups in total. The molecule has 0 aliphatic rings. The first-order valence-corrected chi connectivity index (χ1v) is 6.17. The Bertz CT molecular complexity index is 352. The molecule has 0 saturated heterocycles. The first-order valence-electron chi connectivity index (χ1n) is 3.77. The van der Waals surface area contributed by atoms with Gasteiger partial charge in [0, 0.05) is 5.56 Å².